The summed E-state index contributed by atoms with van der Waals surface area (Å²) >= 11 is 0. The molecule has 1 aromatic rings. The van der Waals surface area contributed by atoms with Crippen molar-refractivity contribution in [3.8, 4) is 0 Å². The lowest BCUT2D eigenvalue weighted by molar-refractivity contribution is -0.272. The van der Waals surface area contributed by atoms with Crippen LogP contribution in [0.1, 0.15) is 45.1 Å². The second kappa shape index (κ2) is 40.0. The predicted molar refractivity (Wildman–Crippen MR) is 247 cm³/mol. The van der Waals surface area contributed by atoms with E-state index in [1.807, 2.05) is 30.3 Å². The summed E-state index contributed by atoms with van der Waals surface area (Å²) in [5, 5.41) is 63.6. The van der Waals surface area contributed by atoms with Gasteiger partial charge in [-0.3, -0.25) is 19.2 Å². The van der Waals surface area contributed by atoms with Gasteiger partial charge in [-0.1, -0.05) is 30.3 Å². The third kappa shape index (κ3) is 28.6. The molecule has 0 bridgehead atoms. The Hall–Kier alpha value is -3.42. The third-order valence-corrected chi connectivity index (χ3v) is 10.2. The average molecular weight is 1030 g/mol. The standard InChI is InChI=1S/C34H55NO15.C12H24N2O7/c1-26(37)35-31-33(41)32(40)29(24-36)50-34(31)48-23-22-42-11-5-8-28(38)9-12-43-14-16-45-18-20-47-21-19-46-17-15-44-13-10-30(39)49-25-27-6-3-2-4-7-27;1-7(16)14-9-11(18)10(17)8(6-15)21-12(9)20-5-4-19-3-2-13/h2-4,6-7,29,31-34,36,40-41H,5,8-25H2,1H3,(H,35,37);8-12,15,17-18H,2-6,13H2,1H3,(H,14,16). The molecule has 2 aliphatic heterocycles. The minimum absolute atomic E-state index is 0.0588. The summed E-state index contributed by atoms with van der Waals surface area (Å²) in [6.07, 6.45) is -8.14. The Morgan fingerprint density at radius 1 is 0.535 bits per heavy atom. The number of hydrogen-bond donors (Lipinski definition) is 9. The molecule has 2 fully saturated rings. The first kappa shape index (κ1) is 63.7. The lowest BCUT2D eigenvalue weighted by Gasteiger charge is -2.42. The summed E-state index contributed by atoms with van der Waals surface area (Å²) in [5.74, 6) is -1.08. The predicted octanol–water partition coefficient (Wildman–Crippen LogP) is -3.16. The van der Waals surface area contributed by atoms with Crippen molar-refractivity contribution in [3.05, 3.63) is 35.9 Å². The van der Waals surface area contributed by atoms with Gasteiger partial charge in [0.15, 0.2) is 12.6 Å². The van der Waals surface area contributed by atoms with Crippen molar-refractivity contribution in [2.75, 3.05) is 125 Å². The van der Waals surface area contributed by atoms with Crippen LogP contribution in [0.25, 0.3) is 0 Å². The maximum Gasteiger partial charge on any atom is 0.308 e. The van der Waals surface area contributed by atoms with E-state index >= 15 is 0 Å². The Balaban J connectivity index is 0.000000684. The van der Waals surface area contributed by atoms with Crippen LogP contribution in [0.2, 0.25) is 0 Å². The van der Waals surface area contributed by atoms with Gasteiger partial charge in [-0.2, -0.15) is 0 Å². The minimum Gasteiger partial charge on any atom is -0.461 e. The van der Waals surface area contributed by atoms with Crippen LogP contribution in [0.5, 0.6) is 0 Å². The highest BCUT2D eigenvalue weighted by Gasteiger charge is 2.46. The maximum atomic E-state index is 12.1. The molecular weight excluding hydrogens is 947 g/mol. The zero-order valence-electron chi connectivity index (χ0n) is 40.9. The number of ether oxygens (including phenoxy) is 12. The first-order chi connectivity index (χ1) is 34.3. The van der Waals surface area contributed by atoms with Crippen LogP contribution in [0.4, 0.5) is 0 Å². The normalized spacial score (nSPS) is 24.1. The van der Waals surface area contributed by atoms with Crippen molar-refractivity contribution in [2.24, 2.45) is 5.73 Å². The van der Waals surface area contributed by atoms with Gasteiger partial charge in [-0.05, 0) is 12.0 Å². The number of aliphatic hydroxyl groups is 6. The van der Waals surface area contributed by atoms with E-state index in [2.05, 4.69) is 10.6 Å². The van der Waals surface area contributed by atoms with Gasteiger partial charge in [0, 0.05) is 39.8 Å². The fourth-order valence-corrected chi connectivity index (χ4v) is 6.59. The van der Waals surface area contributed by atoms with Gasteiger partial charge in [0.05, 0.1) is 119 Å². The van der Waals surface area contributed by atoms with E-state index in [0.29, 0.717) is 98.5 Å². The zero-order chi connectivity index (χ0) is 52.1. The summed E-state index contributed by atoms with van der Waals surface area (Å²) in [4.78, 5) is 46.4. The van der Waals surface area contributed by atoms with Gasteiger partial charge in [-0.15, -0.1) is 0 Å². The van der Waals surface area contributed by atoms with Crippen molar-refractivity contribution < 1.29 is 107 Å². The molecule has 25 nitrogen and oxygen atoms in total. The van der Waals surface area contributed by atoms with Crippen LogP contribution < -0.4 is 16.4 Å². The zero-order valence-corrected chi connectivity index (χ0v) is 40.9. The van der Waals surface area contributed by atoms with Crippen LogP contribution in [0.15, 0.2) is 30.3 Å². The Morgan fingerprint density at radius 3 is 1.38 bits per heavy atom. The van der Waals surface area contributed by atoms with Crippen molar-refractivity contribution in [2.45, 2.75) is 107 Å². The largest absolute Gasteiger partial charge is 0.461 e. The molecule has 410 valence electrons. The van der Waals surface area contributed by atoms with E-state index in [1.165, 1.54) is 13.8 Å². The summed E-state index contributed by atoms with van der Waals surface area (Å²) < 4.78 is 64.8. The number of amides is 2. The fraction of sp³-hybridized carbons (Fsp3) is 0.783. The van der Waals surface area contributed by atoms with Gasteiger partial charge < -0.3 is 104 Å². The Kier molecular flexibility index (Phi) is 35.9. The number of aliphatic hydroxyl groups excluding tert-OH is 6. The van der Waals surface area contributed by atoms with Crippen LogP contribution >= 0.6 is 0 Å². The SMILES string of the molecule is CC(=O)NC1C(OCCOCCCC(=O)CCOCCOCCOCCOCCOCCC(=O)OCc2ccccc2)OC(CO)C(O)C1O.CC(=O)NC1C(OCCOCCN)OC(CO)C(O)C1O. The molecule has 10 atom stereocenters. The molecule has 0 aliphatic carbocycles. The van der Waals surface area contributed by atoms with Crippen LogP contribution in [-0.2, 0) is 82.6 Å². The number of esters is 1. The number of rotatable bonds is 38. The molecule has 2 saturated heterocycles. The topological polar surface area (TPSA) is 350 Å². The van der Waals surface area contributed by atoms with Gasteiger partial charge >= 0.3 is 5.97 Å². The van der Waals surface area contributed by atoms with E-state index in [-0.39, 0.29) is 57.8 Å². The van der Waals surface area contributed by atoms with Crippen molar-refractivity contribution >= 4 is 23.6 Å². The summed E-state index contributed by atoms with van der Waals surface area (Å²) in [5.41, 5.74) is 6.22. The monoisotopic (exact) mass is 1030 g/mol. The molecule has 0 aromatic heterocycles. The number of carbonyl (C=O) groups is 4. The summed E-state index contributed by atoms with van der Waals surface area (Å²) in [6.45, 7) is 7.37. The Morgan fingerprint density at radius 2 is 0.944 bits per heavy atom. The molecule has 0 saturated carbocycles. The lowest BCUT2D eigenvalue weighted by atomic mass is 9.97. The Labute approximate surface area is 414 Å². The third-order valence-electron chi connectivity index (χ3n) is 10.2. The number of Topliss-reactive ketones (excluding diaryl/α,β-unsaturated/α-hetero) is 1. The van der Waals surface area contributed by atoms with Crippen molar-refractivity contribution in [3.63, 3.8) is 0 Å². The van der Waals surface area contributed by atoms with Crippen molar-refractivity contribution in [1.82, 2.24) is 10.6 Å². The number of carbonyl (C=O) groups excluding carboxylic acids is 4. The van der Waals surface area contributed by atoms with Crippen LogP contribution in [0.3, 0.4) is 0 Å². The van der Waals surface area contributed by atoms with E-state index in [4.69, 9.17) is 67.7 Å². The highest BCUT2D eigenvalue weighted by Crippen LogP contribution is 2.23. The molecule has 25 heteroatoms. The molecule has 2 heterocycles. The summed E-state index contributed by atoms with van der Waals surface area (Å²) in [7, 11) is 0. The number of benzene rings is 1. The molecule has 1 aromatic carbocycles. The molecule has 2 aliphatic rings. The number of nitrogens with two attached hydrogens (primary N) is 1. The molecule has 10 N–H and O–H groups in total. The van der Waals surface area contributed by atoms with E-state index in [9.17, 15) is 44.7 Å². The highest BCUT2D eigenvalue weighted by atomic mass is 16.7. The number of nitrogens with one attached hydrogen (secondary N) is 2. The number of ketones is 1. The fourth-order valence-electron chi connectivity index (χ4n) is 6.59. The van der Waals surface area contributed by atoms with Gasteiger partial charge in [0.1, 0.15) is 61.1 Å². The molecular formula is C46H79N3O22. The minimum atomic E-state index is -1.38. The molecule has 3 rings (SSSR count). The molecule has 0 radical (unpaired) electrons. The molecule has 71 heavy (non-hydrogen) atoms. The van der Waals surface area contributed by atoms with Crippen LogP contribution in [0, 0.1) is 0 Å². The number of hydrogen-bond acceptors (Lipinski definition) is 23. The van der Waals surface area contributed by atoms with Gasteiger partial charge in [0.25, 0.3) is 0 Å². The Bertz CT molecular complexity index is 1540. The van der Waals surface area contributed by atoms with Gasteiger partial charge in [0.2, 0.25) is 11.8 Å². The maximum absolute atomic E-state index is 12.1. The second-order valence-electron chi connectivity index (χ2n) is 16.0. The van der Waals surface area contributed by atoms with Crippen LogP contribution in [-0.4, -0.2) is 241 Å². The van der Waals surface area contributed by atoms with E-state index in [1.54, 1.807) is 0 Å². The average Bonchev–Trinajstić information content (AvgIpc) is 3.35. The molecule has 0 spiro atoms. The van der Waals surface area contributed by atoms with E-state index in [0.717, 1.165) is 5.56 Å². The highest BCUT2D eigenvalue weighted by molar-refractivity contribution is 5.78. The molecule has 10 unspecified atom stereocenters. The van der Waals surface area contributed by atoms with Gasteiger partial charge in [-0.25, -0.2) is 0 Å². The first-order valence-electron chi connectivity index (χ1n) is 23.8. The summed E-state index contributed by atoms with van der Waals surface area (Å²) in [6, 6.07) is 7.54. The smallest absolute Gasteiger partial charge is 0.308 e. The second-order valence-corrected chi connectivity index (χ2v) is 16.0. The van der Waals surface area contributed by atoms with Crippen molar-refractivity contribution in [1.29, 1.82) is 0 Å². The lowest BCUT2D eigenvalue weighted by Crippen LogP contribution is -2.64. The quantitative estimate of drug-likeness (QED) is 0.0233. The van der Waals surface area contributed by atoms with E-state index < -0.39 is 86.3 Å². The first-order valence-corrected chi connectivity index (χ1v) is 23.8. The molecule has 2 amide bonds.